The number of hydrogen-bond donors (Lipinski definition) is 2. The van der Waals surface area contributed by atoms with Crippen molar-refractivity contribution in [2.75, 3.05) is 0 Å². The van der Waals surface area contributed by atoms with E-state index >= 15 is 0 Å². The molecule has 2 aromatic carbocycles. The van der Waals surface area contributed by atoms with Crippen molar-refractivity contribution in [1.82, 2.24) is 4.98 Å². The van der Waals surface area contributed by atoms with Crippen LogP contribution in [0.4, 0.5) is 4.39 Å². The zero-order valence-corrected chi connectivity index (χ0v) is 8.94. The van der Waals surface area contributed by atoms with Crippen LogP contribution in [0.15, 0.2) is 48.5 Å². The summed E-state index contributed by atoms with van der Waals surface area (Å²) < 4.78 is 12.9. The van der Waals surface area contributed by atoms with Crippen LogP contribution in [0.2, 0.25) is 0 Å². The topological polar surface area (TPSA) is 36.0 Å². The molecule has 17 heavy (non-hydrogen) atoms. The van der Waals surface area contributed by atoms with Crippen molar-refractivity contribution < 1.29 is 9.50 Å². The van der Waals surface area contributed by atoms with Gasteiger partial charge < -0.3 is 10.1 Å². The standard InChI is InChI=1S/C14H10FNO/c15-10-5-6-11(14(17)8-10)13-7-9-3-1-2-4-12(9)16-13/h1-8,16-17H. The summed E-state index contributed by atoms with van der Waals surface area (Å²) in [7, 11) is 0. The fourth-order valence-corrected chi connectivity index (χ4v) is 1.95. The molecule has 2 N–H and O–H groups in total. The Kier molecular flexibility index (Phi) is 2.11. The summed E-state index contributed by atoms with van der Waals surface area (Å²) in [5, 5.41) is 10.8. The van der Waals surface area contributed by atoms with E-state index in [2.05, 4.69) is 4.98 Å². The van der Waals surface area contributed by atoms with E-state index in [9.17, 15) is 9.50 Å². The molecule has 0 radical (unpaired) electrons. The molecule has 0 saturated heterocycles. The fraction of sp³-hybridized carbons (Fsp3) is 0. The largest absolute Gasteiger partial charge is 0.507 e. The summed E-state index contributed by atoms with van der Waals surface area (Å²) >= 11 is 0. The Morgan fingerprint density at radius 2 is 1.82 bits per heavy atom. The molecule has 84 valence electrons. The molecule has 2 nitrogen and oxygen atoms in total. The normalized spacial score (nSPS) is 10.9. The van der Waals surface area contributed by atoms with E-state index in [4.69, 9.17) is 0 Å². The van der Waals surface area contributed by atoms with Crippen LogP contribution in [0, 0.1) is 5.82 Å². The third-order valence-electron chi connectivity index (χ3n) is 2.78. The second-order valence-corrected chi connectivity index (χ2v) is 3.93. The van der Waals surface area contributed by atoms with Crippen molar-refractivity contribution in [1.29, 1.82) is 0 Å². The molecule has 0 amide bonds. The molecule has 0 bridgehead atoms. The number of aromatic amines is 1. The average Bonchev–Trinajstić information content (AvgIpc) is 2.72. The molecule has 3 rings (SSSR count). The van der Waals surface area contributed by atoms with Crippen LogP contribution < -0.4 is 0 Å². The Morgan fingerprint density at radius 3 is 2.59 bits per heavy atom. The summed E-state index contributed by atoms with van der Waals surface area (Å²) in [4.78, 5) is 3.19. The highest BCUT2D eigenvalue weighted by molar-refractivity contribution is 5.86. The summed E-state index contributed by atoms with van der Waals surface area (Å²) in [6, 6.07) is 13.8. The van der Waals surface area contributed by atoms with E-state index in [1.54, 1.807) is 6.07 Å². The van der Waals surface area contributed by atoms with E-state index in [1.807, 2.05) is 30.3 Å². The first-order chi connectivity index (χ1) is 8.24. The van der Waals surface area contributed by atoms with Gasteiger partial charge in [-0.05, 0) is 24.3 Å². The Hall–Kier alpha value is -2.29. The molecule has 0 unspecified atom stereocenters. The lowest BCUT2D eigenvalue weighted by Gasteiger charge is -2.01. The molecule has 0 atom stereocenters. The van der Waals surface area contributed by atoms with Gasteiger partial charge in [0, 0.05) is 22.5 Å². The van der Waals surface area contributed by atoms with Gasteiger partial charge in [0.25, 0.3) is 0 Å². The highest BCUT2D eigenvalue weighted by Crippen LogP contribution is 2.31. The highest BCUT2D eigenvalue weighted by Gasteiger charge is 2.08. The maximum atomic E-state index is 12.9. The minimum Gasteiger partial charge on any atom is -0.507 e. The van der Waals surface area contributed by atoms with E-state index in [-0.39, 0.29) is 5.75 Å². The van der Waals surface area contributed by atoms with Crippen molar-refractivity contribution in [3.05, 3.63) is 54.3 Å². The summed E-state index contributed by atoms with van der Waals surface area (Å²) in [6.07, 6.45) is 0. The summed E-state index contributed by atoms with van der Waals surface area (Å²) in [6.45, 7) is 0. The van der Waals surface area contributed by atoms with Gasteiger partial charge in [-0.25, -0.2) is 4.39 Å². The minimum atomic E-state index is -0.442. The quantitative estimate of drug-likeness (QED) is 0.653. The van der Waals surface area contributed by atoms with Crippen LogP contribution in [0.3, 0.4) is 0 Å². The maximum Gasteiger partial charge on any atom is 0.127 e. The molecule has 1 heterocycles. The average molecular weight is 227 g/mol. The summed E-state index contributed by atoms with van der Waals surface area (Å²) in [5.41, 5.74) is 2.37. The number of rotatable bonds is 1. The van der Waals surface area contributed by atoms with Crippen LogP contribution >= 0.6 is 0 Å². The van der Waals surface area contributed by atoms with Gasteiger partial charge in [-0.15, -0.1) is 0 Å². The van der Waals surface area contributed by atoms with Gasteiger partial charge in [0.2, 0.25) is 0 Å². The molecular weight excluding hydrogens is 217 g/mol. The molecule has 0 aliphatic rings. The number of aromatic nitrogens is 1. The number of nitrogens with one attached hydrogen (secondary N) is 1. The highest BCUT2D eigenvalue weighted by atomic mass is 19.1. The number of phenolic OH excluding ortho intramolecular Hbond substituents is 1. The maximum absolute atomic E-state index is 12.9. The molecule has 0 fully saturated rings. The zero-order valence-electron chi connectivity index (χ0n) is 8.94. The Morgan fingerprint density at radius 1 is 1.00 bits per heavy atom. The number of aromatic hydroxyl groups is 1. The lowest BCUT2D eigenvalue weighted by Crippen LogP contribution is -1.80. The SMILES string of the molecule is Oc1cc(F)ccc1-c1cc2ccccc2[nH]1. The van der Waals surface area contributed by atoms with Gasteiger partial charge in [-0.2, -0.15) is 0 Å². The van der Waals surface area contributed by atoms with Gasteiger partial charge in [0.1, 0.15) is 11.6 Å². The summed E-state index contributed by atoms with van der Waals surface area (Å²) in [5.74, 6) is -0.501. The van der Waals surface area contributed by atoms with Crippen LogP contribution in [0.5, 0.6) is 5.75 Å². The molecule has 3 aromatic rings. The third-order valence-corrected chi connectivity index (χ3v) is 2.78. The number of benzene rings is 2. The van der Waals surface area contributed by atoms with Gasteiger partial charge >= 0.3 is 0 Å². The predicted molar refractivity (Wildman–Crippen MR) is 65.4 cm³/mol. The van der Waals surface area contributed by atoms with Crippen molar-refractivity contribution in [3.63, 3.8) is 0 Å². The first-order valence-corrected chi connectivity index (χ1v) is 5.31. The minimum absolute atomic E-state index is 0.0587. The van der Waals surface area contributed by atoms with E-state index in [1.165, 1.54) is 6.07 Å². The Labute approximate surface area is 97.3 Å². The van der Waals surface area contributed by atoms with Crippen molar-refractivity contribution in [2.45, 2.75) is 0 Å². The fourth-order valence-electron chi connectivity index (χ4n) is 1.95. The molecule has 3 heteroatoms. The molecule has 0 aliphatic heterocycles. The van der Waals surface area contributed by atoms with Crippen molar-refractivity contribution in [3.8, 4) is 17.0 Å². The number of para-hydroxylation sites is 1. The smallest absolute Gasteiger partial charge is 0.127 e. The second-order valence-electron chi connectivity index (χ2n) is 3.93. The molecule has 0 saturated carbocycles. The molecule has 0 spiro atoms. The van der Waals surface area contributed by atoms with Crippen molar-refractivity contribution in [2.24, 2.45) is 0 Å². The van der Waals surface area contributed by atoms with Crippen LogP contribution in [-0.4, -0.2) is 10.1 Å². The lowest BCUT2D eigenvalue weighted by atomic mass is 10.1. The van der Waals surface area contributed by atoms with Gasteiger partial charge in [-0.3, -0.25) is 0 Å². The first kappa shape index (κ1) is 9.90. The Balaban J connectivity index is 2.20. The molecule has 0 aliphatic carbocycles. The second kappa shape index (κ2) is 3.63. The van der Waals surface area contributed by atoms with Gasteiger partial charge in [0.15, 0.2) is 0 Å². The van der Waals surface area contributed by atoms with Crippen LogP contribution in [-0.2, 0) is 0 Å². The number of phenols is 1. The zero-order chi connectivity index (χ0) is 11.8. The lowest BCUT2D eigenvalue weighted by molar-refractivity contribution is 0.471. The van der Waals surface area contributed by atoms with Gasteiger partial charge in [0.05, 0.1) is 5.69 Å². The van der Waals surface area contributed by atoms with E-state index < -0.39 is 5.82 Å². The number of fused-ring (bicyclic) bond motifs is 1. The molecular formula is C14H10FNO. The monoisotopic (exact) mass is 227 g/mol. The third kappa shape index (κ3) is 1.65. The van der Waals surface area contributed by atoms with Crippen LogP contribution in [0.25, 0.3) is 22.2 Å². The predicted octanol–water partition coefficient (Wildman–Crippen LogP) is 3.68. The van der Waals surface area contributed by atoms with E-state index in [0.717, 1.165) is 22.7 Å². The number of halogens is 1. The van der Waals surface area contributed by atoms with Gasteiger partial charge in [-0.1, -0.05) is 18.2 Å². The Bertz CT molecular complexity index is 655. The number of H-pyrrole nitrogens is 1. The number of hydrogen-bond acceptors (Lipinski definition) is 1. The molecule has 1 aromatic heterocycles. The van der Waals surface area contributed by atoms with Crippen LogP contribution in [0.1, 0.15) is 0 Å². The van der Waals surface area contributed by atoms with E-state index in [0.29, 0.717) is 5.56 Å². The van der Waals surface area contributed by atoms with Crippen molar-refractivity contribution >= 4 is 10.9 Å². The first-order valence-electron chi connectivity index (χ1n) is 5.31.